The lowest BCUT2D eigenvalue weighted by molar-refractivity contribution is -0.137. The van der Waals surface area contributed by atoms with E-state index in [9.17, 15) is 9.18 Å². The lowest BCUT2D eigenvalue weighted by Gasteiger charge is -2.03. The van der Waals surface area contributed by atoms with Crippen molar-refractivity contribution >= 4 is 17.6 Å². The summed E-state index contributed by atoms with van der Waals surface area (Å²) in [4.78, 5) is 10.5. The van der Waals surface area contributed by atoms with Crippen molar-refractivity contribution in [3.63, 3.8) is 0 Å². The number of nitrogens with zero attached hydrogens (tertiary/aromatic N) is 4. The van der Waals surface area contributed by atoms with Crippen LogP contribution in [-0.2, 0) is 11.3 Å². The summed E-state index contributed by atoms with van der Waals surface area (Å²) in [5, 5.41) is 19.4. The Morgan fingerprint density at radius 2 is 2.28 bits per heavy atom. The predicted octanol–water partition coefficient (Wildman–Crippen LogP) is 1.61. The fourth-order valence-corrected chi connectivity index (χ4v) is 1.52. The molecule has 0 aliphatic heterocycles. The minimum absolute atomic E-state index is 0.00307. The van der Waals surface area contributed by atoms with Gasteiger partial charge in [0.25, 0.3) is 0 Å². The van der Waals surface area contributed by atoms with E-state index in [4.69, 9.17) is 16.7 Å². The summed E-state index contributed by atoms with van der Waals surface area (Å²) >= 11 is 5.57. The first-order chi connectivity index (χ1) is 8.58. The molecule has 8 heteroatoms. The third-order valence-corrected chi connectivity index (χ3v) is 2.55. The molecule has 0 aliphatic rings. The number of rotatable bonds is 4. The van der Waals surface area contributed by atoms with Gasteiger partial charge in [-0.2, -0.15) is 0 Å². The molecule has 0 saturated heterocycles. The minimum Gasteiger partial charge on any atom is -0.481 e. The summed E-state index contributed by atoms with van der Waals surface area (Å²) in [5.74, 6) is -1.24. The summed E-state index contributed by atoms with van der Waals surface area (Å²) in [6.45, 7) is 0.113. The molecule has 2 rings (SSSR count). The molecule has 0 aliphatic carbocycles. The van der Waals surface area contributed by atoms with Gasteiger partial charge in [-0.25, -0.2) is 9.07 Å². The van der Waals surface area contributed by atoms with Gasteiger partial charge in [0.2, 0.25) is 0 Å². The number of benzene rings is 1. The highest BCUT2D eigenvalue weighted by atomic mass is 35.5. The lowest BCUT2D eigenvalue weighted by Crippen LogP contribution is -2.07. The number of carboxylic acids is 1. The van der Waals surface area contributed by atoms with Crippen LogP contribution < -0.4 is 0 Å². The van der Waals surface area contributed by atoms with Gasteiger partial charge in [-0.05, 0) is 28.6 Å². The number of aryl methyl sites for hydroxylation is 1. The van der Waals surface area contributed by atoms with E-state index >= 15 is 0 Å². The minimum atomic E-state index is -0.960. The van der Waals surface area contributed by atoms with Crippen molar-refractivity contribution in [1.82, 2.24) is 20.2 Å². The predicted molar refractivity (Wildman–Crippen MR) is 60.5 cm³/mol. The van der Waals surface area contributed by atoms with Gasteiger partial charge in [-0.15, -0.1) is 5.10 Å². The Balaban J connectivity index is 2.30. The fraction of sp³-hybridized carbons (Fsp3) is 0.200. The quantitative estimate of drug-likeness (QED) is 0.913. The summed E-state index contributed by atoms with van der Waals surface area (Å²) < 4.78 is 14.6. The maximum Gasteiger partial charge on any atom is 0.305 e. The van der Waals surface area contributed by atoms with Crippen molar-refractivity contribution in [3.05, 3.63) is 29.0 Å². The Hall–Kier alpha value is -2.02. The van der Waals surface area contributed by atoms with Gasteiger partial charge < -0.3 is 5.11 Å². The van der Waals surface area contributed by atoms with Crippen molar-refractivity contribution in [1.29, 1.82) is 0 Å². The van der Waals surface area contributed by atoms with E-state index in [0.717, 1.165) is 0 Å². The van der Waals surface area contributed by atoms with Crippen molar-refractivity contribution in [2.75, 3.05) is 0 Å². The fourth-order valence-electron chi connectivity index (χ4n) is 1.40. The van der Waals surface area contributed by atoms with Crippen molar-refractivity contribution in [2.24, 2.45) is 0 Å². The maximum atomic E-state index is 13.3. The molecule has 0 amide bonds. The average Bonchev–Trinajstić information content (AvgIpc) is 2.78. The van der Waals surface area contributed by atoms with Crippen molar-refractivity contribution < 1.29 is 14.3 Å². The Morgan fingerprint density at radius 3 is 2.94 bits per heavy atom. The second-order valence-corrected chi connectivity index (χ2v) is 3.91. The standard InChI is InChI=1S/C10H8ClFN4O2/c11-7-2-1-6(5-8(7)12)10-13-14-15-16(10)4-3-9(17)18/h1-2,5H,3-4H2,(H,17,18). The van der Waals surface area contributed by atoms with E-state index in [0.29, 0.717) is 11.4 Å². The van der Waals surface area contributed by atoms with Crippen LogP contribution in [0.15, 0.2) is 18.2 Å². The molecule has 0 saturated carbocycles. The molecule has 6 nitrogen and oxygen atoms in total. The molecule has 0 radical (unpaired) electrons. The molecule has 1 heterocycles. The second-order valence-electron chi connectivity index (χ2n) is 3.50. The zero-order valence-corrected chi connectivity index (χ0v) is 9.80. The third kappa shape index (κ3) is 2.62. The highest BCUT2D eigenvalue weighted by molar-refractivity contribution is 6.30. The van der Waals surface area contributed by atoms with E-state index in [1.807, 2.05) is 0 Å². The van der Waals surface area contributed by atoms with Gasteiger partial charge in [-0.1, -0.05) is 11.6 Å². The molecule has 0 fully saturated rings. The second kappa shape index (κ2) is 5.09. The zero-order chi connectivity index (χ0) is 13.1. The van der Waals surface area contributed by atoms with Crippen LogP contribution in [-0.4, -0.2) is 31.3 Å². The van der Waals surface area contributed by atoms with Crippen LogP contribution in [0.2, 0.25) is 5.02 Å². The third-order valence-electron chi connectivity index (χ3n) is 2.25. The van der Waals surface area contributed by atoms with E-state index in [2.05, 4.69) is 15.5 Å². The van der Waals surface area contributed by atoms with Crippen LogP contribution in [0.5, 0.6) is 0 Å². The van der Waals surface area contributed by atoms with E-state index < -0.39 is 11.8 Å². The lowest BCUT2D eigenvalue weighted by atomic mass is 10.2. The first-order valence-electron chi connectivity index (χ1n) is 5.01. The van der Waals surface area contributed by atoms with Crippen molar-refractivity contribution in [2.45, 2.75) is 13.0 Å². The van der Waals surface area contributed by atoms with Gasteiger partial charge in [0.1, 0.15) is 5.82 Å². The molecule has 94 valence electrons. The molecule has 1 N–H and O–H groups in total. The normalized spacial score (nSPS) is 10.6. The Morgan fingerprint density at radius 1 is 1.50 bits per heavy atom. The number of hydrogen-bond donors (Lipinski definition) is 1. The highest BCUT2D eigenvalue weighted by Gasteiger charge is 2.12. The van der Waals surface area contributed by atoms with E-state index in [1.165, 1.54) is 16.8 Å². The van der Waals surface area contributed by atoms with Gasteiger partial charge in [0.15, 0.2) is 5.82 Å². The summed E-state index contributed by atoms with van der Waals surface area (Å²) in [6.07, 6.45) is -0.117. The SMILES string of the molecule is O=C(O)CCn1nnnc1-c1ccc(Cl)c(F)c1. The Kier molecular flexibility index (Phi) is 3.52. The smallest absolute Gasteiger partial charge is 0.305 e. The number of halogens is 2. The molecule has 0 bridgehead atoms. The van der Waals surface area contributed by atoms with E-state index in [-0.39, 0.29) is 18.0 Å². The highest BCUT2D eigenvalue weighted by Crippen LogP contribution is 2.22. The van der Waals surface area contributed by atoms with Crippen LogP contribution in [0.25, 0.3) is 11.4 Å². The largest absolute Gasteiger partial charge is 0.481 e. The number of aliphatic carboxylic acids is 1. The summed E-state index contributed by atoms with van der Waals surface area (Å²) in [6, 6.07) is 4.15. The summed E-state index contributed by atoms with van der Waals surface area (Å²) in [7, 11) is 0. The number of hydrogen-bond acceptors (Lipinski definition) is 4. The monoisotopic (exact) mass is 270 g/mol. The maximum absolute atomic E-state index is 13.3. The molecular formula is C10H8ClFN4O2. The molecule has 1 aromatic carbocycles. The van der Waals surface area contributed by atoms with Crippen LogP contribution in [0.1, 0.15) is 6.42 Å². The molecule has 2 aromatic rings. The molecule has 0 atom stereocenters. The Labute approximate surface area is 106 Å². The number of carboxylic acid groups (broad SMARTS) is 1. The van der Waals surface area contributed by atoms with Crippen LogP contribution >= 0.6 is 11.6 Å². The van der Waals surface area contributed by atoms with Crippen LogP contribution in [0, 0.1) is 5.82 Å². The molecule has 0 spiro atoms. The zero-order valence-electron chi connectivity index (χ0n) is 9.05. The summed E-state index contributed by atoms with van der Waals surface area (Å²) in [5.41, 5.74) is 0.437. The van der Waals surface area contributed by atoms with Gasteiger partial charge in [-0.3, -0.25) is 4.79 Å². The van der Waals surface area contributed by atoms with Crippen molar-refractivity contribution in [3.8, 4) is 11.4 Å². The molecule has 1 aromatic heterocycles. The molecular weight excluding hydrogens is 263 g/mol. The number of tetrazole rings is 1. The molecule has 18 heavy (non-hydrogen) atoms. The van der Waals surface area contributed by atoms with Gasteiger partial charge in [0.05, 0.1) is 18.0 Å². The van der Waals surface area contributed by atoms with Gasteiger partial charge in [0, 0.05) is 5.56 Å². The first kappa shape index (κ1) is 12.4. The van der Waals surface area contributed by atoms with Crippen LogP contribution in [0.4, 0.5) is 4.39 Å². The Bertz CT molecular complexity index is 587. The first-order valence-corrected chi connectivity index (χ1v) is 5.39. The van der Waals surface area contributed by atoms with Crippen LogP contribution in [0.3, 0.4) is 0 Å². The topological polar surface area (TPSA) is 80.9 Å². The number of carbonyl (C=O) groups is 1. The molecule has 0 unspecified atom stereocenters. The number of aromatic nitrogens is 4. The average molecular weight is 271 g/mol. The van der Waals surface area contributed by atoms with Gasteiger partial charge >= 0.3 is 5.97 Å². The van der Waals surface area contributed by atoms with E-state index in [1.54, 1.807) is 6.07 Å².